The molecular formula is C17H29N3O2. The highest BCUT2D eigenvalue weighted by atomic mass is 16.5. The second-order valence-corrected chi connectivity index (χ2v) is 6.23. The topological polar surface area (TPSA) is 54.9 Å². The van der Waals surface area contributed by atoms with Gasteiger partial charge < -0.3 is 20.1 Å². The van der Waals surface area contributed by atoms with Gasteiger partial charge in [-0.1, -0.05) is 20.8 Å². The van der Waals surface area contributed by atoms with Crippen LogP contribution in [0.25, 0.3) is 0 Å². The molecule has 0 atom stereocenters. The Morgan fingerprint density at radius 3 is 2.50 bits per heavy atom. The molecule has 1 rings (SSSR count). The summed E-state index contributed by atoms with van der Waals surface area (Å²) >= 11 is 0. The SMILES string of the molecule is CCOc1ccc(NC(=NC)NCCC(C)(C)C)cc1OC. The lowest BCUT2D eigenvalue weighted by Gasteiger charge is -2.19. The average Bonchev–Trinajstić information content (AvgIpc) is 2.46. The largest absolute Gasteiger partial charge is 0.493 e. The maximum Gasteiger partial charge on any atom is 0.195 e. The van der Waals surface area contributed by atoms with Crippen molar-refractivity contribution in [2.45, 2.75) is 34.1 Å². The number of nitrogens with one attached hydrogen (secondary N) is 2. The van der Waals surface area contributed by atoms with Crippen LogP contribution in [0.4, 0.5) is 5.69 Å². The Balaban J connectivity index is 2.67. The Labute approximate surface area is 134 Å². The molecule has 124 valence electrons. The summed E-state index contributed by atoms with van der Waals surface area (Å²) in [6.07, 6.45) is 1.07. The number of methoxy groups -OCH3 is 1. The number of ether oxygens (including phenoxy) is 2. The fourth-order valence-electron chi connectivity index (χ4n) is 1.89. The molecule has 0 unspecified atom stereocenters. The minimum absolute atomic E-state index is 0.300. The van der Waals surface area contributed by atoms with Crippen LogP contribution in [0.5, 0.6) is 11.5 Å². The standard InChI is InChI=1S/C17H29N3O2/c1-7-22-14-9-8-13(12-15(14)21-6)20-16(18-5)19-11-10-17(2,3)4/h8-9,12H,7,10-11H2,1-6H3,(H2,18,19,20). The normalized spacial score (nSPS) is 12.0. The lowest BCUT2D eigenvalue weighted by molar-refractivity contribution is 0.311. The third-order valence-corrected chi connectivity index (χ3v) is 3.12. The van der Waals surface area contributed by atoms with Crippen molar-refractivity contribution in [3.8, 4) is 11.5 Å². The summed E-state index contributed by atoms with van der Waals surface area (Å²) in [4.78, 5) is 4.24. The molecule has 0 bridgehead atoms. The van der Waals surface area contributed by atoms with Gasteiger partial charge in [-0.25, -0.2) is 0 Å². The molecule has 0 fully saturated rings. The molecule has 5 heteroatoms. The van der Waals surface area contributed by atoms with Crippen LogP contribution in [0.1, 0.15) is 34.1 Å². The number of rotatable bonds is 6. The van der Waals surface area contributed by atoms with Crippen LogP contribution in [0.3, 0.4) is 0 Å². The zero-order chi connectivity index (χ0) is 16.6. The lowest BCUT2D eigenvalue weighted by atomic mass is 9.92. The Hall–Kier alpha value is -1.91. The van der Waals surface area contributed by atoms with Crippen molar-refractivity contribution in [1.82, 2.24) is 5.32 Å². The molecular weight excluding hydrogens is 278 g/mol. The van der Waals surface area contributed by atoms with E-state index in [1.165, 1.54) is 0 Å². The highest BCUT2D eigenvalue weighted by molar-refractivity contribution is 5.93. The van der Waals surface area contributed by atoms with Gasteiger partial charge in [0.2, 0.25) is 0 Å². The second-order valence-electron chi connectivity index (χ2n) is 6.23. The molecule has 1 aromatic carbocycles. The van der Waals surface area contributed by atoms with Gasteiger partial charge in [0.1, 0.15) is 0 Å². The van der Waals surface area contributed by atoms with E-state index >= 15 is 0 Å². The van der Waals surface area contributed by atoms with Crippen LogP contribution in [-0.2, 0) is 0 Å². The molecule has 0 aliphatic heterocycles. The third kappa shape index (κ3) is 6.24. The van der Waals surface area contributed by atoms with Crippen molar-refractivity contribution in [2.75, 3.05) is 32.6 Å². The van der Waals surface area contributed by atoms with Crippen molar-refractivity contribution in [1.29, 1.82) is 0 Å². The molecule has 0 saturated heterocycles. The number of benzene rings is 1. The summed E-state index contributed by atoms with van der Waals surface area (Å²) in [5, 5.41) is 6.58. The maximum absolute atomic E-state index is 5.52. The molecule has 0 aliphatic carbocycles. The number of anilines is 1. The van der Waals surface area contributed by atoms with Crippen molar-refractivity contribution < 1.29 is 9.47 Å². The van der Waals surface area contributed by atoms with Crippen LogP contribution in [0.2, 0.25) is 0 Å². The van der Waals surface area contributed by atoms with Crippen LogP contribution in [-0.4, -0.2) is 33.3 Å². The number of hydrogen-bond donors (Lipinski definition) is 2. The molecule has 0 spiro atoms. The van der Waals surface area contributed by atoms with Gasteiger partial charge in [0.25, 0.3) is 0 Å². The quantitative estimate of drug-likeness (QED) is 0.624. The molecule has 0 aliphatic rings. The van der Waals surface area contributed by atoms with Gasteiger partial charge in [-0.05, 0) is 30.9 Å². The number of nitrogens with zero attached hydrogens (tertiary/aromatic N) is 1. The van der Waals surface area contributed by atoms with E-state index in [9.17, 15) is 0 Å². The first-order valence-corrected chi connectivity index (χ1v) is 7.68. The Bertz CT molecular complexity index is 493. The van der Waals surface area contributed by atoms with E-state index in [1.54, 1.807) is 14.2 Å². The molecule has 0 heterocycles. The van der Waals surface area contributed by atoms with E-state index in [2.05, 4.69) is 36.4 Å². The van der Waals surface area contributed by atoms with Gasteiger partial charge >= 0.3 is 0 Å². The molecule has 2 N–H and O–H groups in total. The van der Waals surface area contributed by atoms with Crippen molar-refractivity contribution in [3.05, 3.63) is 18.2 Å². The van der Waals surface area contributed by atoms with Crippen molar-refractivity contribution >= 4 is 11.6 Å². The van der Waals surface area contributed by atoms with E-state index in [4.69, 9.17) is 9.47 Å². The van der Waals surface area contributed by atoms with Crippen molar-refractivity contribution in [3.63, 3.8) is 0 Å². The smallest absolute Gasteiger partial charge is 0.195 e. The maximum atomic E-state index is 5.52. The minimum atomic E-state index is 0.300. The monoisotopic (exact) mass is 307 g/mol. The third-order valence-electron chi connectivity index (χ3n) is 3.12. The summed E-state index contributed by atoms with van der Waals surface area (Å²) in [7, 11) is 3.40. The fraction of sp³-hybridized carbons (Fsp3) is 0.588. The molecule has 0 aromatic heterocycles. The Morgan fingerprint density at radius 2 is 1.95 bits per heavy atom. The number of hydrogen-bond acceptors (Lipinski definition) is 3. The first kappa shape index (κ1) is 18.1. The van der Waals surface area contributed by atoms with Gasteiger partial charge in [0, 0.05) is 25.3 Å². The van der Waals surface area contributed by atoms with Gasteiger partial charge in [-0.2, -0.15) is 0 Å². The molecule has 0 amide bonds. The summed E-state index contributed by atoms with van der Waals surface area (Å²) in [6, 6.07) is 5.75. The Morgan fingerprint density at radius 1 is 1.23 bits per heavy atom. The van der Waals surface area contributed by atoms with Gasteiger partial charge in [0.05, 0.1) is 13.7 Å². The van der Waals surface area contributed by atoms with E-state index in [1.807, 2.05) is 25.1 Å². The van der Waals surface area contributed by atoms with Crippen LogP contribution < -0.4 is 20.1 Å². The van der Waals surface area contributed by atoms with Crippen molar-refractivity contribution in [2.24, 2.45) is 10.4 Å². The first-order valence-electron chi connectivity index (χ1n) is 7.68. The summed E-state index contributed by atoms with van der Waals surface area (Å²) in [6.45, 7) is 10.1. The number of aliphatic imine (C=N–C) groups is 1. The van der Waals surface area contributed by atoms with E-state index < -0.39 is 0 Å². The fourth-order valence-corrected chi connectivity index (χ4v) is 1.89. The highest BCUT2D eigenvalue weighted by Crippen LogP contribution is 2.30. The summed E-state index contributed by atoms with van der Waals surface area (Å²) in [5.74, 6) is 2.19. The molecule has 1 aromatic rings. The lowest BCUT2D eigenvalue weighted by Crippen LogP contribution is -2.33. The van der Waals surface area contributed by atoms with E-state index in [0.717, 1.165) is 30.4 Å². The second kappa shape index (κ2) is 8.51. The van der Waals surface area contributed by atoms with Crippen LogP contribution >= 0.6 is 0 Å². The zero-order valence-electron chi connectivity index (χ0n) is 14.6. The van der Waals surface area contributed by atoms with Gasteiger partial charge in [-0.3, -0.25) is 4.99 Å². The summed E-state index contributed by atoms with van der Waals surface area (Å²) < 4.78 is 10.9. The molecule has 5 nitrogen and oxygen atoms in total. The summed E-state index contributed by atoms with van der Waals surface area (Å²) in [5.41, 5.74) is 1.21. The average molecular weight is 307 g/mol. The predicted molar refractivity (Wildman–Crippen MR) is 93.2 cm³/mol. The zero-order valence-corrected chi connectivity index (χ0v) is 14.6. The number of guanidine groups is 1. The molecule has 22 heavy (non-hydrogen) atoms. The van der Waals surface area contributed by atoms with Crippen LogP contribution in [0.15, 0.2) is 23.2 Å². The predicted octanol–water partition coefficient (Wildman–Crippen LogP) is 3.52. The van der Waals surface area contributed by atoms with Gasteiger partial charge in [0.15, 0.2) is 17.5 Å². The minimum Gasteiger partial charge on any atom is -0.493 e. The molecule has 0 radical (unpaired) electrons. The van der Waals surface area contributed by atoms with Gasteiger partial charge in [-0.15, -0.1) is 0 Å². The van der Waals surface area contributed by atoms with E-state index in [0.29, 0.717) is 17.8 Å². The van der Waals surface area contributed by atoms with Crippen LogP contribution in [0, 0.1) is 5.41 Å². The molecule has 0 saturated carbocycles. The first-order chi connectivity index (χ1) is 10.4. The van der Waals surface area contributed by atoms with E-state index in [-0.39, 0.29) is 0 Å². The Kier molecular flexibility index (Phi) is 7.02. The highest BCUT2D eigenvalue weighted by Gasteiger charge is 2.10.